The second kappa shape index (κ2) is 6.83. The van der Waals surface area contributed by atoms with Crippen molar-refractivity contribution in [2.75, 3.05) is 11.5 Å². The molecule has 7 heteroatoms. The van der Waals surface area contributed by atoms with Crippen LogP contribution in [0.1, 0.15) is 30.3 Å². The van der Waals surface area contributed by atoms with Gasteiger partial charge in [0.25, 0.3) is 0 Å². The number of amides is 2. The van der Waals surface area contributed by atoms with E-state index in [1.807, 2.05) is 36.6 Å². The summed E-state index contributed by atoms with van der Waals surface area (Å²) in [6, 6.07) is 10.7. The van der Waals surface area contributed by atoms with E-state index < -0.39 is 29.4 Å². The summed E-state index contributed by atoms with van der Waals surface area (Å²) >= 11 is 1.50. The summed E-state index contributed by atoms with van der Waals surface area (Å²) in [5.74, 6) is -2.61. The molecule has 1 N–H and O–H groups in total. The minimum atomic E-state index is -1.26. The van der Waals surface area contributed by atoms with E-state index in [-0.39, 0.29) is 18.4 Å². The van der Waals surface area contributed by atoms with Gasteiger partial charge in [0.15, 0.2) is 0 Å². The fourth-order valence-electron chi connectivity index (χ4n) is 4.27. The Morgan fingerprint density at radius 2 is 1.93 bits per heavy atom. The van der Waals surface area contributed by atoms with Crippen molar-refractivity contribution in [3.63, 3.8) is 0 Å². The average molecular weight is 398 g/mol. The molecule has 4 rings (SSSR count). The number of nitrogens with zero attached hydrogens (tertiary/aromatic N) is 1. The first kappa shape index (κ1) is 18.8. The third-order valence-electron chi connectivity index (χ3n) is 5.63. The third-order valence-corrected chi connectivity index (χ3v) is 6.58. The highest BCUT2D eigenvalue weighted by Gasteiger charge is 2.67. The van der Waals surface area contributed by atoms with E-state index in [0.717, 1.165) is 10.4 Å². The Morgan fingerprint density at radius 1 is 1.21 bits per heavy atom. The SMILES string of the molecule is CCOC(=O)[C@]1(C)N[C@H](c2cccs2)[C@@H]2C(=O)N(c3ccc(C)cc3)C(=O)[C@@H]21. The zero-order valence-corrected chi connectivity index (χ0v) is 16.8. The van der Waals surface area contributed by atoms with Crippen LogP contribution in [0.25, 0.3) is 0 Å². The van der Waals surface area contributed by atoms with E-state index >= 15 is 0 Å². The minimum absolute atomic E-state index is 0.209. The van der Waals surface area contributed by atoms with Gasteiger partial charge in [-0.05, 0) is 44.4 Å². The molecule has 28 heavy (non-hydrogen) atoms. The van der Waals surface area contributed by atoms with Crippen LogP contribution in [-0.4, -0.2) is 29.9 Å². The van der Waals surface area contributed by atoms with E-state index in [1.54, 1.807) is 26.0 Å². The van der Waals surface area contributed by atoms with Gasteiger partial charge < -0.3 is 4.74 Å². The summed E-state index contributed by atoms with van der Waals surface area (Å²) < 4.78 is 5.26. The number of imide groups is 1. The monoisotopic (exact) mass is 398 g/mol. The summed E-state index contributed by atoms with van der Waals surface area (Å²) in [7, 11) is 0. The van der Waals surface area contributed by atoms with Crippen LogP contribution in [0.5, 0.6) is 0 Å². The number of anilines is 1. The van der Waals surface area contributed by atoms with Gasteiger partial charge in [0.1, 0.15) is 5.54 Å². The molecule has 0 spiro atoms. The van der Waals surface area contributed by atoms with Crippen LogP contribution in [0.4, 0.5) is 5.69 Å². The predicted molar refractivity (Wildman–Crippen MR) is 106 cm³/mol. The number of ether oxygens (including phenoxy) is 1. The first-order chi connectivity index (χ1) is 13.4. The van der Waals surface area contributed by atoms with E-state index in [1.165, 1.54) is 16.2 Å². The zero-order chi connectivity index (χ0) is 20.1. The second-order valence-corrected chi connectivity index (χ2v) is 8.39. The van der Waals surface area contributed by atoms with Crippen LogP contribution in [0.2, 0.25) is 0 Å². The topological polar surface area (TPSA) is 75.7 Å². The number of esters is 1. The molecule has 4 atom stereocenters. The number of fused-ring (bicyclic) bond motifs is 1. The number of thiophene rings is 1. The molecule has 0 radical (unpaired) electrons. The lowest BCUT2D eigenvalue weighted by Crippen LogP contribution is -2.54. The Morgan fingerprint density at radius 3 is 2.54 bits per heavy atom. The number of aryl methyl sites for hydroxylation is 1. The summed E-state index contributed by atoms with van der Waals surface area (Å²) in [4.78, 5) is 41.7. The molecule has 2 aromatic rings. The standard InChI is InChI=1S/C21H22N2O4S/c1-4-27-20(26)21(3)16-15(17(22-21)14-6-5-11-28-14)18(24)23(19(16)25)13-9-7-12(2)8-10-13/h5-11,15-17,22H,4H2,1-3H3/t15-,16-,17-,21-/m1/s1. The van der Waals surface area contributed by atoms with Crippen molar-refractivity contribution in [2.45, 2.75) is 32.4 Å². The number of rotatable bonds is 4. The highest BCUT2D eigenvalue weighted by Crippen LogP contribution is 2.50. The normalized spacial score (nSPS) is 29.2. The maximum atomic E-state index is 13.4. The lowest BCUT2D eigenvalue weighted by molar-refractivity contribution is -0.153. The molecule has 2 fully saturated rings. The highest BCUT2D eigenvalue weighted by molar-refractivity contribution is 7.10. The molecular weight excluding hydrogens is 376 g/mol. The van der Waals surface area contributed by atoms with Gasteiger partial charge in [-0.1, -0.05) is 23.8 Å². The molecule has 6 nitrogen and oxygen atoms in total. The van der Waals surface area contributed by atoms with Crippen molar-refractivity contribution < 1.29 is 19.1 Å². The van der Waals surface area contributed by atoms with E-state index in [0.29, 0.717) is 5.69 Å². The second-order valence-electron chi connectivity index (χ2n) is 7.41. The molecule has 2 aliphatic rings. The summed E-state index contributed by atoms with van der Waals surface area (Å²) in [5, 5.41) is 5.19. The fourth-order valence-corrected chi connectivity index (χ4v) is 5.09. The van der Waals surface area contributed by atoms with Crippen LogP contribution in [0.3, 0.4) is 0 Å². The first-order valence-electron chi connectivity index (χ1n) is 9.31. The molecule has 146 valence electrons. The molecule has 1 aromatic heterocycles. The van der Waals surface area contributed by atoms with Gasteiger partial charge in [0.05, 0.1) is 30.2 Å². The van der Waals surface area contributed by atoms with Crippen molar-refractivity contribution >= 4 is 34.8 Å². The number of hydrogen-bond donors (Lipinski definition) is 1. The maximum absolute atomic E-state index is 13.4. The smallest absolute Gasteiger partial charge is 0.326 e. The van der Waals surface area contributed by atoms with Crippen molar-refractivity contribution in [1.82, 2.24) is 5.32 Å². The average Bonchev–Trinajstić information content (AvgIpc) is 3.35. The van der Waals surface area contributed by atoms with Gasteiger partial charge >= 0.3 is 5.97 Å². The number of carbonyl (C=O) groups excluding carboxylic acids is 3. The van der Waals surface area contributed by atoms with E-state index in [9.17, 15) is 14.4 Å². The summed E-state index contributed by atoms with van der Waals surface area (Å²) in [5.41, 5.74) is 0.310. The Balaban J connectivity index is 1.80. The quantitative estimate of drug-likeness (QED) is 0.633. The molecule has 0 bridgehead atoms. The molecule has 0 saturated carbocycles. The number of benzene rings is 1. The maximum Gasteiger partial charge on any atom is 0.326 e. The summed E-state index contributed by atoms with van der Waals surface area (Å²) in [6.07, 6.45) is 0. The lowest BCUT2D eigenvalue weighted by atomic mass is 9.81. The van der Waals surface area contributed by atoms with Gasteiger partial charge in [-0.15, -0.1) is 11.3 Å². The molecular formula is C21H22N2O4S. The van der Waals surface area contributed by atoms with E-state index in [4.69, 9.17) is 4.74 Å². The van der Waals surface area contributed by atoms with Crippen molar-refractivity contribution in [1.29, 1.82) is 0 Å². The Kier molecular flexibility index (Phi) is 4.59. The van der Waals surface area contributed by atoms with E-state index in [2.05, 4.69) is 5.32 Å². The van der Waals surface area contributed by atoms with Crippen molar-refractivity contribution in [3.05, 3.63) is 52.2 Å². The van der Waals surface area contributed by atoms with Crippen LogP contribution in [-0.2, 0) is 19.1 Å². The fraction of sp³-hybridized carbons (Fsp3) is 0.381. The molecule has 2 saturated heterocycles. The molecule has 2 amide bonds. The molecule has 0 aliphatic carbocycles. The number of nitrogens with one attached hydrogen (secondary N) is 1. The zero-order valence-electron chi connectivity index (χ0n) is 16.0. The van der Waals surface area contributed by atoms with Gasteiger partial charge in [-0.3, -0.25) is 19.7 Å². The number of carbonyl (C=O) groups is 3. The third kappa shape index (κ3) is 2.69. The molecule has 3 heterocycles. The van der Waals surface area contributed by atoms with Gasteiger partial charge in [0.2, 0.25) is 11.8 Å². The molecule has 0 unspecified atom stereocenters. The highest BCUT2D eigenvalue weighted by atomic mass is 32.1. The molecule has 2 aliphatic heterocycles. The van der Waals surface area contributed by atoms with Crippen molar-refractivity contribution in [2.24, 2.45) is 11.8 Å². The largest absolute Gasteiger partial charge is 0.465 e. The predicted octanol–water partition coefficient (Wildman–Crippen LogP) is 2.83. The van der Waals surface area contributed by atoms with Crippen LogP contribution < -0.4 is 10.2 Å². The molecule has 1 aromatic carbocycles. The Bertz CT molecular complexity index is 924. The minimum Gasteiger partial charge on any atom is -0.465 e. The Labute approximate surface area is 167 Å². The number of hydrogen-bond acceptors (Lipinski definition) is 6. The Hall–Kier alpha value is -2.51. The van der Waals surface area contributed by atoms with Crippen LogP contribution in [0, 0.1) is 18.8 Å². The van der Waals surface area contributed by atoms with Gasteiger partial charge in [0, 0.05) is 4.88 Å². The van der Waals surface area contributed by atoms with Gasteiger partial charge in [-0.25, -0.2) is 4.90 Å². The van der Waals surface area contributed by atoms with Gasteiger partial charge in [-0.2, -0.15) is 0 Å². The van der Waals surface area contributed by atoms with Crippen LogP contribution in [0.15, 0.2) is 41.8 Å². The van der Waals surface area contributed by atoms with Crippen LogP contribution >= 0.6 is 11.3 Å². The lowest BCUT2D eigenvalue weighted by Gasteiger charge is -2.29. The first-order valence-corrected chi connectivity index (χ1v) is 10.2. The summed E-state index contributed by atoms with van der Waals surface area (Å²) in [6.45, 7) is 5.55. The van der Waals surface area contributed by atoms with Crippen molar-refractivity contribution in [3.8, 4) is 0 Å².